The van der Waals surface area contributed by atoms with Crippen molar-refractivity contribution in [3.63, 3.8) is 0 Å². The number of sulfonamides is 1. The number of likely N-dealkylation sites (tertiary alicyclic amines) is 1. The van der Waals surface area contributed by atoms with Crippen LogP contribution in [0.25, 0.3) is 0 Å². The summed E-state index contributed by atoms with van der Waals surface area (Å²) in [5.74, 6) is 0.202. The summed E-state index contributed by atoms with van der Waals surface area (Å²) in [6.45, 7) is 4.34. The van der Waals surface area contributed by atoms with E-state index in [2.05, 4.69) is 4.90 Å². The van der Waals surface area contributed by atoms with Crippen LogP contribution in [0.4, 0.5) is 0 Å². The highest BCUT2D eigenvalue weighted by molar-refractivity contribution is 7.89. The summed E-state index contributed by atoms with van der Waals surface area (Å²) in [4.78, 5) is 16.4. The molecule has 8 heteroatoms. The first-order chi connectivity index (χ1) is 13.0. The second-order valence-corrected chi connectivity index (χ2v) is 8.95. The molecule has 2 heterocycles. The molecule has 2 saturated heterocycles. The summed E-state index contributed by atoms with van der Waals surface area (Å²) < 4.78 is 27.1. The van der Waals surface area contributed by atoms with Gasteiger partial charge in [0.2, 0.25) is 15.9 Å². The lowest BCUT2D eigenvalue weighted by atomic mass is 10.1. The SMILES string of the molecule is N#Cc1ccccc1S(=O)(=O)N1CCN(CCC(=O)N2CCCCC2)CC1. The smallest absolute Gasteiger partial charge is 0.244 e. The van der Waals surface area contributed by atoms with E-state index < -0.39 is 10.0 Å². The van der Waals surface area contributed by atoms with Crippen molar-refractivity contribution >= 4 is 15.9 Å². The van der Waals surface area contributed by atoms with Crippen molar-refractivity contribution < 1.29 is 13.2 Å². The lowest BCUT2D eigenvalue weighted by Crippen LogP contribution is -2.49. The molecule has 2 fully saturated rings. The minimum atomic E-state index is -3.67. The van der Waals surface area contributed by atoms with Crippen LogP contribution in [0, 0.1) is 11.3 Å². The summed E-state index contributed by atoms with van der Waals surface area (Å²) in [6, 6.07) is 8.26. The fourth-order valence-electron chi connectivity index (χ4n) is 3.67. The number of piperazine rings is 1. The van der Waals surface area contributed by atoms with Gasteiger partial charge in [-0.2, -0.15) is 9.57 Å². The van der Waals surface area contributed by atoms with Gasteiger partial charge < -0.3 is 9.80 Å². The molecule has 0 bridgehead atoms. The number of carbonyl (C=O) groups excluding carboxylic acids is 1. The fraction of sp³-hybridized carbons (Fsp3) is 0.579. The van der Waals surface area contributed by atoms with Crippen molar-refractivity contribution in [2.75, 3.05) is 45.8 Å². The highest BCUT2D eigenvalue weighted by atomic mass is 32.2. The zero-order valence-corrected chi connectivity index (χ0v) is 16.3. The van der Waals surface area contributed by atoms with Crippen molar-refractivity contribution in [3.05, 3.63) is 29.8 Å². The molecule has 0 radical (unpaired) electrons. The summed E-state index contributed by atoms with van der Waals surface area (Å²) in [7, 11) is -3.67. The predicted molar refractivity (Wildman–Crippen MR) is 101 cm³/mol. The third kappa shape index (κ3) is 4.67. The highest BCUT2D eigenvalue weighted by Gasteiger charge is 2.30. The lowest BCUT2D eigenvalue weighted by Gasteiger charge is -2.34. The third-order valence-corrected chi connectivity index (χ3v) is 7.26. The van der Waals surface area contributed by atoms with Crippen LogP contribution in [-0.2, 0) is 14.8 Å². The van der Waals surface area contributed by atoms with E-state index in [1.807, 2.05) is 11.0 Å². The number of piperidine rings is 1. The number of rotatable bonds is 5. The molecule has 0 aliphatic carbocycles. The summed E-state index contributed by atoms with van der Waals surface area (Å²) in [5.41, 5.74) is 0.173. The van der Waals surface area contributed by atoms with Crippen LogP contribution in [0.15, 0.2) is 29.2 Å². The summed E-state index contributed by atoms with van der Waals surface area (Å²) in [6.07, 6.45) is 3.87. The minimum absolute atomic E-state index is 0.0706. The van der Waals surface area contributed by atoms with Crippen LogP contribution < -0.4 is 0 Å². The van der Waals surface area contributed by atoms with Gasteiger partial charge in [-0.25, -0.2) is 8.42 Å². The number of hydrogen-bond acceptors (Lipinski definition) is 5. The zero-order valence-electron chi connectivity index (χ0n) is 15.5. The Morgan fingerprint density at radius 1 is 1.00 bits per heavy atom. The van der Waals surface area contributed by atoms with E-state index in [1.54, 1.807) is 12.1 Å². The van der Waals surface area contributed by atoms with Crippen molar-refractivity contribution in [1.29, 1.82) is 5.26 Å². The van der Waals surface area contributed by atoms with Crippen molar-refractivity contribution in [2.24, 2.45) is 0 Å². The molecular weight excluding hydrogens is 364 g/mol. The van der Waals surface area contributed by atoms with Gasteiger partial charge in [0.15, 0.2) is 0 Å². The van der Waals surface area contributed by atoms with Crippen LogP contribution in [0.5, 0.6) is 0 Å². The van der Waals surface area contributed by atoms with Crippen LogP contribution in [0.3, 0.4) is 0 Å². The second kappa shape index (κ2) is 8.83. The number of benzene rings is 1. The van der Waals surface area contributed by atoms with E-state index in [9.17, 15) is 18.5 Å². The first kappa shape index (κ1) is 19.8. The second-order valence-electron chi connectivity index (χ2n) is 7.05. The molecule has 0 saturated carbocycles. The Labute approximate surface area is 161 Å². The largest absolute Gasteiger partial charge is 0.343 e. The monoisotopic (exact) mass is 390 g/mol. The molecule has 0 aromatic heterocycles. The Morgan fingerprint density at radius 2 is 1.67 bits per heavy atom. The van der Waals surface area contributed by atoms with Crippen LogP contribution >= 0.6 is 0 Å². The van der Waals surface area contributed by atoms with E-state index in [1.165, 1.54) is 22.9 Å². The summed E-state index contributed by atoms with van der Waals surface area (Å²) >= 11 is 0. The number of amides is 1. The van der Waals surface area contributed by atoms with Gasteiger partial charge in [0.25, 0.3) is 0 Å². The van der Waals surface area contributed by atoms with Gasteiger partial charge in [0.1, 0.15) is 6.07 Å². The van der Waals surface area contributed by atoms with Crippen molar-refractivity contribution in [3.8, 4) is 6.07 Å². The van der Waals surface area contributed by atoms with Gasteiger partial charge >= 0.3 is 0 Å². The van der Waals surface area contributed by atoms with E-state index in [0.29, 0.717) is 39.1 Å². The third-order valence-electron chi connectivity index (χ3n) is 5.31. The molecule has 0 unspecified atom stereocenters. The number of hydrogen-bond donors (Lipinski definition) is 0. The maximum Gasteiger partial charge on any atom is 0.244 e. The van der Waals surface area contributed by atoms with E-state index >= 15 is 0 Å². The molecule has 0 atom stereocenters. The Kier molecular flexibility index (Phi) is 6.47. The van der Waals surface area contributed by atoms with Gasteiger partial charge in [-0.3, -0.25) is 4.79 Å². The van der Waals surface area contributed by atoms with Crippen LogP contribution in [0.1, 0.15) is 31.2 Å². The van der Waals surface area contributed by atoms with Crippen LogP contribution in [-0.4, -0.2) is 74.2 Å². The topological polar surface area (TPSA) is 84.7 Å². The molecule has 1 amide bonds. The molecule has 146 valence electrons. The highest BCUT2D eigenvalue weighted by Crippen LogP contribution is 2.21. The molecule has 27 heavy (non-hydrogen) atoms. The maximum atomic E-state index is 12.8. The van der Waals surface area contributed by atoms with Gasteiger partial charge in [-0.15, -0.1) is 0 Å². The van der Waals surface area contributed by atoms with E-state index in [-0.39, 0.29) is 16.4 Å². The van der Waals surface area contributed by atoms with Gasteiger partial charge in [0, 0.05) is 52.2 Å². The first-order valence-electron chi connectivity index (χ1n) is 9.52. The predicted octanol–water partition coefficient (Wildman–Crippen LogP) is 1.27. The van der Waals surface area contributed by atoms with E-state index in [0.717, 1.165) is 25.9 Å². The Balaban J connectivity index is 1.52. The molecule has 3 rings (SSSR count). The standard InChI is InChI=1S/C19H26N4O3S/c20-16-17-6-2-3-7-18(17)27(25,26)23-14-12-21(13-15-23)11-8-19(24)22-9-4-1-5-10-22/h2-3,6-7H,1,4-5,8-15H2. The van der Waals surface area contributed by atoms with Gasteiger partial charge in [-0.05, 0) is 31.4 Å². The molecule has 0 spiro atoms. The Morgan fingerprint density at radius 3 is 2.33 bits per heavy atom. The van der Waals surface area contributed by atoms with E-state index in [4.69, 9.17) is 0 Å². The van der Waals surface area contributed by atoms with Crippen molar-refractivity contribution in [2.45, 2.75) is 30.6 Å². The molecule has 2 aliphatic rings. The average Bonchev–Trinajstić information content (AvgIpc) is 2.73. The summed E-state index contributed by atoms with van der Waals surface area (Å²) in [5, 5.41) is 9.17. The fourth-order valence-corrected chi connectivity index (χ4v) is 5.24. The average molecular weight is 391 g/mol. The molecule has 1 aromatic rings. The molecule has 1 aromatic carbocycles. The molecule has 7 nitrogen and oxygen atoms in total. The lowest BCUT2D eigenvalue weighted by molar-refractivity contribution is -0.132. The Hall–Kier alpha value is -1.95. The van der Waals surface area contributed by atoms with Crippen LogP contribution in [0.2, 0.25) is 0 Å². The quantitative estimate of drug-likeness (QED) is 0.756. The number of carbonyl (C=O) groups is 1. The van der Waals surface area contributed by atoms with Gasteiger partial charge in [-0.1, -0.05) is 12.1 Å². The van der Waals surface area contributed by atoms with Gasteiger partial charge in [0.05, 0.1) is 10.5 Å². The normalized spacial score (nSPS) is 19.6. The Bertz CT molecular complexity index is 804. The molecular formula is C19H26N4O3S. The molecule has 0 N–H and O–H groups in total. The number of nitriles is 1. The minimum Gasteiger partial charge on any atom is -0.343 e. The van der Waals surface area contributed by atoms with Crippen molar-refractivity contribution in [1.82, 2.24) is 14.1 Å². The first-order valence-corrected chi connectivity index (χ1v) is 11.0. The zero-order chi connectivity index (χ0) is 19.3. The molecule has 2 aliphatic heterocycles. The number of nitrogens with zero attached hydrogens (tertiary/aromatic N) is 4. The maximum absolute atomic E-state index is 12.8.